The number of nitrogens with one attached hydrogen (secondary N) is 1. The lowest BCUT2D eigenvalue weighted by Crippen LogP contribution is -2.45. The zero-order valence-electron chi connectivity index (χ0n) is 14.5. The van der Waals surface area contributed by atoms with Crippen molar-refractivity contribution in [2.75, 3.05) is 11.1 Å². The molecule has 0 saturated carbocycles. The second kappa shape index (κ2) is 8.00. The maximum absolute atomic E-state index is 13.0. The molecule has 2 N–H and O–H groups in total. The van der Waals surface area contributed by atoms with Crippen molar-refractivity contribution in [1.29, 1.82) is 5.26 Å². The maximum atomic E-state index is 13.0. The minimum atomic E-state index is -4.14. The van der Waals surface area contributed by atoms with E-state index in [1.807, 2.05) is 0 Å². The summed E-state index contributed by atoms with van der Waals surface area (Å²) in [6.07, 6.45) is -2.97. The fraction of sp³-hybridized carbons (Fsp3) is 0.222. The largest absolute Gasteiger partial charge is 0.379 e. The first-order chi connectivity index (χ1) is 13.0. The number of halogens is 3. The number of nitrogens with zero attached hydrogens (tertiary/aromatic N) is 1. The van der Waals surface area contributed by atoms with E-state index in [4.69, 9.17) is 5.26 Å². The van der Waals surface area contributed by atoms with Gasteiger partial charge in [-0.1, -0.05) is 0 Å². The molecule has 10 heteroatoms. The molecular formula is C18H15F3N2O4S. The Hall–Kier alpha value is -2.90. The smallest absolute Gasteiger partial charge is 0.265 e. The van der Waals surface area contributed by atoms with Crippen molar-refractivity contribution in [2.24, 2.45) is 0 Å². The third-order valence-electron chi connectivity index (χ3n) is 3.80. The zero-order valence-corrected chi connectivity index (χ0v) is 15.3. The van der Waals surface area contributed by atoms with E-state index in [-0.39, 0.29) is 16.1 Å². The average Bonchev–Trinajstić information content (AvgIpc) is 2.61. The molecule has 28 heavy (non-hydrogen) atoms. The fourth-order valence-corrected chi connectivity index (χ4v) is 3.94. The molecule has 0 aliphatic rings. The summed E-state index contributed by atoms with van der Waals surface area (Å²) in [4.78, 5) is 12.0. The van der Waals surface area contributed by atoms with E-state index in [2.05, 4.69) is 5.32 Å². The van der Waals surface area contributed by atoms with Gasteiger partial charge in [0, 0.05) is 11.3 Å². The molecule has 1 unspecified atom stereocenters. The molecule has 0 fully saturated rings. The van der Waals surface area contributed by atoms with Gasteiger partial charge in [-0.2, -0.15) is 5.26 Å². The monoisotopic (exact) mass is 412 g/mol. The highest BCUT2D eigenvalue weighted by Gasteiger charge is 2.37. The van der Waals surface area contributed by atoms with Gasteiger partial charge in [0.25, 0.3) is 12.3 Å². The minimum Gasteiger partial charge on any atom is -0.379 e. The van der Waals surface area contributed by atoms with E-state index >= 15 is 0 Å². The normalized spacial score (nSPS) is 13.6. The van der Waals surface area contributed by atoms with Gasteiger partial charge in [0.05, 0.1) is 22.3 Å². The summed E-state index contributed by atoms with van der Waals surface area (Å²) in [7, 11) is -4.14. The van der Waals surface area contributed by atoms with Crippen molar-refractivity contribution in [3.63, 3.8) is 0 Å². The van der Waals surface area contributed by atoms with E-state index in [1.54, 1.807) is 6.07 Å². The first-order valence-corrected chi connectivity index (χ1v) is 9.46. The molecule has 0 aromatic heterocycles. The lowest BCUT2D eigenvalue weighted by molar-refractivity contribution is -0.130. The van der Waals surface area contributed by atoms with Crippen LogP contribution in [0.2, 0.25) is 0 Å². The number of benzene rings is 2. The molecular weight excluding hydrogens is 397 g/mol. The van der Waals surface area contributed by atoms with Gasteiger partial charge in [-0.15, -0.1) is 0 Å². The number of hydrogen-bond donors (Lipinski definition) is 2. The zero-order chi connectivity index (χ0) is 21.1. The topological polar surface area (TPSA) is 107 Å². The van der Waals surface area contributed by atoms with Crippen LogP contribution in [0.5, 0.6) is 0 Å². The van der Waals surface area contributed by atoms with Gasteiger partial charge >= 0.3 is 0 Å². The summed E-state index contributed by atoms with van der Waals surface area (Å²) < 4.78 is 63.6. The van der Waals surface area contributed by atoms with E-state index in [0.29, 0.717) is 0 Å². The van der Waals surface area contributed by atoms with Gasteiger partial charge in [-0.3, -0.25) is 4.79 Å². The van der Waals surface area contributed by atoms with E-state index < -0.39 is 44.9 Å². The SMILES string of the molecule is CC(O)(CS(=O)(=O)c1ccc(F)cc1)C(=O)Nc1ccc(C#N)c(C(F)F)c1. The molecule has 2 aromatic carbocycles. The summed E-state index contributed by atoms with van der Waals surface area (Å²) in [5, 5.41) is 21.3. The lowest BCUT2D eigenvalue weighted by Gasteiger charge is -2.22. The fourth-order valence-electron chi connectivity index (χ4n) is 2.35. The number of amides is 1. The molecule has 1 atom stereocenters. The van der Waals surface area contributed by atoms with Crippen molar-refractivity contribution >= 4 is 21.4 Å². The molecule has 0 aliphatic carbocycles. The van der Waals surface area contributed by atoms with E-state index in [0.717, 1.165) is 43.3 Å². The third-order valence-corrected chi connectivity index (χ3v) is 5.73. The van der Waals surface area contributed by atoms with Crippen LogP contribution in [0.15, 0.2) is 47.4 Å². The summed E-state index contributed by atoms with van der Waals surface area (Å²) >= 11 is 0. The Morgan fingerprint density at radius 2 is 1.86 bits per heavy atom. The van der Waals surface area contributed by atoms with Crippen LogP contribution in [0.25, 0.3) is 0 Å². The number of carbonyl (C=O) groups is 1. The molecule has 148 valence electrons. The predicted molar refractivity (Wildman–Crippen MR) is 93.8 cm³/mol. The maximum Gasteiger partial charge on any atom is 0.265 e. The average molecular weight is 412 g/mol. The van der Waals surface area contributed by atoms with Gasteiger partial charge in [0.15, 0.2) is 15.4 Å². The number of rotatable bonds is 6. The number of carbonyl (C=O) groups excluding carboxylic acids is 1. The summed E-state index contributed by atoms with van der Waals surface area (Å²) in [6.45, 7) is 0.946. The van der Waals surface area contributed by atoms with Gasteiger partial charge in [0.2, 0.25) is 0 Å². The molecule has 0 saturated heterocycles. The van der Waals surface area contributed by atoms with Gasteiger partial charge in [-0.05, 0) is 49.4 Å². The highest BCUT2D eigenvalue weighted by atomic mass is 32.2. The Bertz CT molecular complexity index is 1030. The Balaban J connectivity index is 2.22. The van der Waals surface area contributed by atoms with Crippen molar-refractivity contribution < 1.29 is 31.5 Å². The number of anilines is 1. The van der Waals surface area contributed by atoms with Crippen LogP contribution in [0.1, 0.15) is 24.5 Å². The van der Waals surface area contributed by atoms with Crippen LogP contribution < -0.4 is 5.32 Å². The predicted octanol–water partition coefficient (Wildman–Crippen LogP) is 2.80. The quantitative estimate of drug-likeness (QED) is 0.710. The number of sulfone groups is 1. The Morgan fingerprint density at radius 1 is 1.25 bits per heavy atom. The Labute approximate surface area is 159 Å². The van der Waals surface area contributed by atoms with Crippen LogP contribution in [-0.4, -0.2) is 30.8 Å². The van der Waals surface area contributed by atoms with Gasteiger partial charge in [0.1, 0.15) is 5.82 Å². The summed E-state index contributed by atoms with van der Waals surface area (Å²) in [6, 6.07) is 8.53. The second-order valence-electron chi connectivity index (χ2n) is 6.16. The number of hydrogen-bond acceptors (Lipinski definition) is 5. The lowest BCUT2D eigenvalue weighted by atomic mass is 10.1. The van der Waals surface area contributed by atoms with Crippen molar-refractivity contribution in [3.05, 3.63) is 59.4 Å². The van der Waals surface area contributed by atoms with Crippen LogP contribution in [0, 0.1) is 17.1 Å². The summed E-state index contributed by atoms with van der Waals surface area (Å²) in [5.41, 5.74) is -3.44. The molecule has 0 heterocycles. The summed E-state index contributed by atoms with van der Waals surface area (Å²) in [5.74, 6) is -2.82. The second-order valence-corrected chi connectivity index (χ2v) is 8.15. The van der Waals surface area contributed by atoms with Gasteiger partial charge < -0.3 is 10.4 Å². The van der Waals surface area contributed by atoms with E-state index in [1.165, 1.54) is 6.07 Å². The van der Waals surface area contributed by atoms with Crippen molar-refractivity contribution in [3.8, 4) is 6.07 Å². The van der Waals surface area contributed by atoms with Crippen LogP contribution in [0.3, 0.4) is 0 Å². The van der Waals surface area contributed by atoms with Gasteiger partial charge in [-0.25, -0.2) is 21.6 Å². The third kappa shape index (κ3) is 4.88. The van der Waals surface area contributed by atoms with Crippen molar-refractivity contribution in [2.45, 2.75) is 23.8 Å². The van der Waals surface area contributed by atoms with Crippen molar-refractivity contribution in [1.82, 2.24) is 0 Å². The highest BCUT2D eigenvalue weighted by Crippen LogP contribution is 2.26. The minimum absolute atomic E-state index is 0.140. The Morgan fingerprint density at radius 3 is 2.39 bits per heavy atom. The Kier molecular flexibility index (Phi) is 6.11. The first kappa shape index (κ1) is 21.4. The number of aliphatic hydroxyl groups is 1. The molecule has 0 bridgehead atoms. The molecule has 0 radical (unpaired) electrons. The molecule has 0 spiro atoms. The number of alkyl halides is 2. The molecule has 6 nitrogen and oxygen atoms in total. The molecule has 1 amide bonds. The van der Waals surface area contributed by atoms with Crippen LogP contribution in [0.4, 0.5) is 18.9 Å². The molecule has 2 aromatic rings. The van der Waals surface area contributed by atoms with Crippen LogP contribution in [-0.2, 0) is 14.6 Å². The standard InChI is InChI=1S/C18H15F3N2O4S/c1-18(25,10-28(26,27)14-6-3-12(19)4-7-14)17(24)23-13-5-2-11(9-22)15(8-13)16(20)21/h2-8,16,25H,10H2,1H3,(H,23,24). The molecule has 2 rings (SSSR count). The van der Waals surface area contributed by atoms with Crippen LogP contribution >= 0.6 is 0 Å². The van der Waals surface area contributed by atoms with E-state index in [9.17, 15) is 31.5 Å². The highest BCUT2D eigenvalue weighted by molar-refractivity contribution is 7.91. The molecule has 0 aliphatic heterocycles. The number of nitriles is 1. The first-order valence-electron chi connectivity index (χ1n) is 7.80.